The van der Waals surface area contributed by atoms with Crippen molar-refractivity contribution in [2.24, 2.45) is 0 Å². The van der Waals surface area contributed by atoms with Crippen molar-refractivity contribution < 1.29 is 4.39 Å². The molecule has 3 heterocycles. The highest BCUT2D eigenvalue weighted by Crippen LogP contribution is 2.22. The van der Waals surface area contributed by atoms with Crippen LogP contribution in [0.1, 0.15) is 32.1 Å². The average molecular weight is 311 g/mol. The van der Waals surface area contributed by atoms with E-state index in [9.17, 15) is 4.39 Å². The van der Waals surface area contributed by atoms with Crippen molar-refractivity contribution in [3.63, 3.8) is 0 Å². The molecular weight excluding hydrogens is 293 g/mol. The quantitative estimate of drug-likeness (QED) is 0.802. The summed E-state index contributed by atoms with van der Waals surface area (Å²) < 4.78 is 15.2. The number of anilines is 1. The Hall–Kier alpha value is -2.50. The molecule has 4 rings (SSSR count). The Labute approximate surface area is 133 Å². The van der Waals surface area contributed by atoms with Crippen LogP contribution in [0.15, 0.2) is 36.8 Å². The summed E-state index contributed by atoms with van der Waals surface area (Å²) in [7, 11) is 0. The van der Waals surface area contributed by atoms with Gasteiger partial charge in [-0.05, 0) is 31.0 Å². The molecule has 0 spiro atoms. The predicted octanol–water partition coefficient (Wildman–Crippen LogP) is 3.68. The highest BCUT2D eigenvalue weighted by molar-refractivity contribution is 5.58. The number of fused-ring (bicyclic) bond motifs is 1. The second-order valence-electron chi connectivity index (χ2n) is 5.96. The van der Waals surface area contributed by atoms with Gasteiger partial charge in [0.15, 0.2) is 5.82 Å². The summed E-state index contributed by atoms with van der Waals surface area (Å²) in [6.45, 7) is 0. The highest BCUT2D eigenvalue weighted by atomic mass is 19.1. The molecule has 3 aromatic rings. The number of halogens is 1. The Kier molecular flexibility index (Phi) is 3.65. The molecule has 0 aromatic carbocycles. The maximum Gasteiger partial charge on any atom is 0.180 e. The highest BCUT2D eigenvalue weighted by Gasteiger charge is 2.15. The van der Waals surface area contributed by atoms with E-state index in [1.165, 1.54) is 44.4 Å². The Morgan fingerprint density at radius 2 is 1.96 bits per heavy atom. The fraction of sp³-hybridized carbons (Fsp3) is 0.353. The predicted molar refractivity (Wildman–Crippen MR) is 86.7 cm³/mol. The van der Waals surface area contributed by atoms with Crippen molar-refractivity contribution in [2.45, 2.75) is 38.1 Å². The maximum atomic E-state index is 13.5. The van der Waals surface area contributed by atoms with Crippen LogP contribution in [0, 0.1) is 5.82 Å². The minimum atomic E-state index is -0.312. The van der Waals surface area contributed by atoms with Crippen molar-refractivity contribution in [3.05, 3.63) is 42.6 Å². The Balaban J connectivity index is 1.65. The lowest BCUT2D eigenvalue weighted by molar-refractivity contribution is 0.462. The first-order valence-electron chi connectivity index (χ1n) is 8.02. The zero-order valence-corrected chi connectivity index (χ0v) is 12.7. The van der Waals surface area contributed by atoms with E-state index in [0.717, 1.165) is 5.82 Å². The van der Waals surface area contributed by atoms with Gasteiger partial charge in [-0.25, -0.2) is 19.3 Å². The second-order valence-corrected chi connectivity index (χ2v) is 5.96. The van der Waals surface area contributed by atoms with Crippen LogP contribution in [-0.2, 0) is 0 Å². The van der Waals surface area contributed by atoms with Crippen molar-refractivity contribution in [2.75, 3.05) is 5.32 Å². The van der Waals surface area contributed by atoms with E-state index in [-0.39, 0.29) is 5.82 Å². The first kappa shape index (κ1) is 14.1. The standard InChI is InChI=1S/C17H18FN5/c18-12-6-7-16-20-10-14(23(16)11-12)17-19-9-8-15(22-17)21-13-4-2-1-3-5-13/h6-11,13H,1-5H2,(H,19,21,22). The molecule has 1 aliphatic carbocycles. The van der Waals surface area contributed by atoms with E-state index < -0.39 is 0 Å². The minimum Gasteiger partial charge on any atom is -0.367 e. The monoisotopic (exact) mass is 311 g/mol. The van der Waals surface area contributed by atoms with Gasteiger partial charge in [-0.2, -0.15) is 0 Å². The van der Waals surface area contributed by atoms with Gasteiger partial charge in [-0.1, -0.05) is 19.3 Å². The van der Waals surface area contributed by atoms with E-state index in [2.05, 4.69) is 20.3 Å². The van der Waals surface area contributed by atoms with Gasteiger partial charge in [0.05, 0.1) is 6.20 Å². The van der Waals surface area contributed by atoms with Crippen molar-refractivity contribution >= 4 is 11.5 Å². The molecule has 6 heteroatoms. The van der Waals surface area contributed by atoms with Crippen LogP contribution in [-0.4, -0.2) is 25.4 Å². The Morgan fingerprint density at radius 1 is 1.09 bits per heavy atom. The molecule has 0 saturated heterocycles. The van der Waals surface area contributed by atoms with E-state index in [1.54, 1.807) is 22.9 Å². The number of hydrogen-bond donors (Lipinski definition) is 1. The summed E-state index contributed by atoms with van der Waals surface area (Å²) in [5.41, 5.74) is 1.36. The van der Waals surface area contributed by atoms with E-state index >= 15 is 0 Å². The van der Waals surface area contributed by atoms with Gasteiger partial charge in [-0.3, -0.25) is 4.40 Å². The molecule has 0 atom stereocenters. The van der Waals surface area contributed by atoms with Gasteiger partial charge >= 0.3 is 0 Å². The second kappa shape index (κ2) is 5.95. The summed E-state index contributed by atoms with van der Waals surface area (Å²) >= 11 is 0. The number of rotatable bonds is 3. The van der Waals surface area contributed by atoms with Gasteiger partial charge < -0.3 is 5.32 Å². The molecule has 23 heavy (non-hydrogen) atoms. The van der Waals surface area contributed by atoms with Crippen molar-refractivity contribution in [1.82, 2.24) is 19.4 Å². The third-order valence-corrected chi connectivity index (χ3v) is 4.31. The molecule has 0 amide bonds. The van der Waals surface area contributed by atoms with Gasteiger partial charge in [0, 0.05) is 18.4 Å². The minimum absolute atomic E-state index is 0.312. The molecule has 0 bridgehead atoms. The first-order chi connectivity index (χ1) is 11.3. The summed E-state index contributed by atoms with van der Waals surface area (Å²) in [6.07, 6.45) is 11.0. The summed E-state index contributed by atoms with van der Waals surface area (Å²) in [5, 5.41) is 3.49. The SMILES string of the molecule is Fc1ccc2ncc(-c3nccc(NC4CCCCC4)n3)n2c1. The first-order valence-corrected chi connectivity index (χ1v) is 8.02. The van der Waals surface area contributed by atoms with Crippen molar-refractivity contribution in [1.29, 1.82) is 0 Å². The number of aromatic nitrogens is 4. The van der Waals surface area contributed by atoms with Crippen LogP contribution in [0.25, 0.3) is 17.2 Å². The summed E-state index contributed by atoms with van der Waals surface area (Å²) in [6, 6.07) is 5.39. The molecule has 1 saturated carbocycles. The number of hydrogen-bond acceptors (Lipinski definition) is 4. The number of imidazole rings is 1. The third-order valence-electron chi connectivity index (χ3n) is 4.31. The smallest absolute Gasteiger partial charge is 0.180 e. The molecule has 0 radical (unpaired) electrons. The lowest BCUT2D eigenvalue weighted by Gasteiger charge is -2.23. The van der Waals surface area contributed by atoms with E-state index in [0.29, 0.717) is 23.2 Å². The molecule has 3 aromatic heterocycles. The van der Waals surface area contributed by atoms with Crippen LogP contribution in [0.4, 0.5) is 10.2 Å². The van der Waals surface area contributed by atoms with Gasteiger partial charge in [-0.15, -0.1) is 0 Å². The number of pyridine rings is 1. The fourth-order valence-corrected chi connectivity index (χ4v) is 3.14. The normalized spacial score (nSPS) is 15.9. The Morgan fingerprint density at radius 3 is 2.83 bits per heavy atom. The largest absolute Gasteiger partial charge is 0.367 e. The molecule has 1 aliphatic rings. The zero-order chi connectivity index (χ0) is 15.6. The zero-order valence-electron chi connectivity index (χ0n) is 12.7. The van der Waals surface area contributed by atoms with Crippen LogP contribution >= 0.6 is 0 Å². The number of nitrogens with zero attached hydrogens (tertiary/aromatic N) is 4. The van der Waals surface area contributed by atoms with E-state index in [4.69, 9.17) is 0 Å². The molecule has 1 fully saturated rings. The molecule has 1 N–H and O–H groups in total. The lowest BCUT2D eigenvalue weighted by atomic mass is 9.95. The van der Waals surface area contributed by atoms with Gasteiger partial charge in [0.2, 0.25) is 0 Å². The van der Waals surface area contributed by atoms with Crippen LogP contribution in [0.3, 0.4) is 0 Å². The maximum absolute atomic E-state index is 13.5. The number of nitrogens with one attached hydrogen (secondary N) is 1. The third kappa shape index (κ3) is 2.88. The van der Waals surface area contributed by atoms with Crippen LogP contribution in [0.2, 0.25) is 0 Å². The van der Waals surface area contributed by atoms with Crippen LogP contribution in [0.5, 0.6) is 0 Å². The van der Waals surface area contributed by atoms with Gasteiger partial charge in [0.25, 0.3) is 0 Å². The summed E-state index contributed by atoms with van der Waals surface area (Å²) in [4.78, 5) is 13.2. The molecule has 5 nitrogen and oxygen atoms in total. The van der Waals surface area contributed by atoms with Crippen LogP contribution < -0.4 is 5.32 Å². The lowest BCUT2D eigenvalue weighted by Crippen LogP contribution is -2.22. The molecule has 0 aliphatic heterocycles. The summed E-state index contributed by atoms with van der Waals surface area (Å²) in [5.74, 6) is 1.05. The average Bonchev–Trinajstić information content (AvgIpc) is 2.99. The fourth-order valence-electron chi connectivity index (χ4n) is 3.14. The topological polar surface area (TPSA) is 55.1 Å². The Bertz CT molecular complexity index is 823. The van der Waals surface area contributed by atoms with E-state index in [1.807, 2.05) is 6.07 Å². The molecule has 118 valence electrons. The van der Waals surface area contributed by atoms with Gasteiger partial charge in [0.1, 0.15) is 23.0 Å². The van der Waals surface area contributed by atoms with Crippen molar-refractivity contribution in [3.8, 4) is 11.5 Å². The molecule has 0 unspecified atom stereocenters. The molecular formula is C17H18FN5.